The van der Waals surface area contributed by atoms with Crippen molar-refractivity contribution < 1.29 is 4.79 Å². The fourth-order valence-electron chi connectivity index (χ4n) is 3.08. The Bertz CT molecular complexity index is 763. The van der Waals surface area contributed by atoms with Gasteiger partial charge in [0.1, 0.15) is 12.9 Å². The number of aliphatic imine (C=N–C) groups is 1. The van der Waals surface area contributed by atoms with Crippen LogP contribution in [0.4, 0.5) is 0 Å². The Morgan fingerprint density at radius 3 is 2.79 bits per heavy atom. The van der Waals surface area contributed by atoms with Crippen molar-refractivity contribution in [1.29, 1.82) is 0 Å². The van der Waals surface area contributed by atoms with Crippen molar-refractivity contribution >= 4 is 35.8 Å². The molecule has 0 bridgehead atoms. The van der Waals surface area contributed by atoms with E-state index in [2.05, 4.69) is 25.8 Å². The summed E-state index contributed by atoms with van der Waals surface area (Å²) < 4.78 is 1.94. The van der Waals surface area contributed by atoms with E-state index in [1.165, 1.54) is 0 Å². The highest BCUT2D eigenvalue weighted by Crippen LogP contribution is 2.10. The Morgan fingerprint density at radius 1 is 1.25 bits per heavy atom. The van der Waals surface area contributed by atoms with Gasteiger partial charge in [0.05, 0.1) is 0 Å². The van der Waals surface area contributed by atoms with Crippen LogP contribution in [-0.2, 0) is 11.3 Å². The molecule has 1 aromatic carbocycles. The van der Waals surface area contributed by atoms with Crippen LogP contribution in [-0.4, -0.2) is 57.7 Å². The van der Waals surface area contributed by atoms with Crippen molar-refractivity contribution in [2.45, 2.75) is 32.7 Å². The Balaban J connectivity index is 0.00000280. The molecule has 2 N–H and O–H groups in total. The third-order valence-electron chi connectivity index (χ3n) is 4.44. The van der Waals surface area contributed by atoms with Gasteiger partial charge in [-0.15, -0.1) is 34.2 Å². The summed E-state index contributed by atoms with van der Waals surface area (Å²) >= 11 is 0. The van der Waals surface area contributed by atoms with Gasteiger partial charge in [-0.3, -0.25) is 9.36 Å². The number of carbonyl (C=O) groups excluding carboxylic acids is 1. The number of aromatic nitrogens is 3. The van der Waals surface area contributed by atoms with Gasteiger partial charge in [0.25, 0.3) is 0 Å². The molecule has 2 aromatic rings. The van der Waals surface area contributed by atoms with E-state index >= 15 is 0 Å². The first-order valence-corrected chi connectivity index (χ1v) is 9.52. The van der Waals surface area contributed by atoms with E-state index in [4.69, 9.17) is 0 Å². The summed E-state index contributed by atoms with van der Waals surface area (Å²) in [5, 5.41) is 14.8. The zero-order chi connectivity index (χ0) is 18.9. The summed E-state index contributed by atoms with van der Waals surface area (Å²) in [5.74, 6) is 1.80. The van der Waals surface area contributed by atoms with Gasteiger partial charge >= 0.3 is 0 Å². The summed E-state index contributed by atoms with van der Waals surface area (Å²) in [6.07, 6.45) is 4.28. The van der Waals surface area contributed by atoms with Crippen molar-refractivity contribution in [1.82, 2.24) is 30.3 Å². The SMILES string of the molecule is CCNC(=NCc1nncn1-c1ccccc1)NCCCN1CCCC1=O.I. The molecule has 1 aliphatic heterocycles. The largest absolute Gasteiger partial charge is 0.357 e. The first-order valence-electron chi connectivity index (χ1n) is 9.52. The van der Waals surface area contributed by atoms with Gasteiger partial charge in [-0.25, -0.2) is 4.99 Å². The number of para-hydroxylation sites is 1. The lowest BCUT2D eigenvalue weighted by atomic mass is 10.3. The average molecular weight is 497 g/mol. The molecule has 0 spiro atoms. The molecule has 2 heterocycles. The van der Waals surface area contributed by atoms with Crippen LogP contribution in [0.2, 0.25) is 0 Å². The van der Waals surface area contributed by atoms with E-state index in [-0.39, 0.29) is 29.9 Å². The molecule has 9 heteroatoms. The molecule has 152 valence electrons. The lowest BCUT2D eigenvalue weighted by Crippen LogP contribution is -2.39. The van der Waals surface area contributed by atoms with Gasteiger partial charge in [-0.1, -0.05) is 18.2 Å². The number of benzene rings is 1. The Hall–Kier alpha value is -2.17. The summed E-state index contributed by atoms with van der Waals surface area (Å²) in [5.41, 5.74) is 1.01. The Morgan fingerprint density at radius 2 is 2.07 bits per heavy atom. The lowest BCUT2D eigenvalue weighted by Gasteiger charge is -2.16. The van der Waals surface area contributed by atoms with Gasteiger partial charge in [0.2, 0.25) is 5.91 Å². The van der Waals surface area contributed by atoms with E-state index in [1.54, 1.807) is 6.33 Å². The van der Waals surface area contributed by atoms with Crippen LogP contribution in [0, 0.1) is 0 Å². The molecule has 1 aromatic heterocycles. The van der Waals surface area contributed by atoms with Gasteiger partial charge in [-0.2, -0.15) is 0 Å². The van der Waals surface area contributed by atoms with Crippen LogP contribution in [0.15, 0.2) is 41.7 Å². The van der Waals surface area contributed by atoms with Crippen LogP contribution in [0.3, 0.4) is 0 Å². The van der Waals surface area contributed by atoms with Crippen molar-refractivity contribution in [3.63, 3.8) is 0 Å². The number of amides is 1. The van der Waals surface area contributed by atoms with Crippen molar-refractivity contribution in [3.8, 4) is 5.69 Å². The first-order chi connectivity index (χ1) is 13.3. The number of likely N-dealkylation sites (tertiary alicyclic amines) is 1. The van der Waals surface area contributed by atoms with Crippen molar-refractivity contribution in [2.75, 3.05) is 26.2 Å². The molecule has 1 amide bonds. The third kappa shape index (κ3) is 6.18. The van der Waals surface area contributed by atoms with Crippen molar-refractivity contribution in [2.24, 2.45) is 4.99 Å². The molecule has 8 nitrogen and oxygen atoms in total. The maximum Gasteiger partial charge on any atom is 0.222 e. The van der Waals surface area contributed by atoms with Crippen LogP contribution < -0.4 is 10.6 Å². The number of halogens is 1. The molecule has 3 rings (SSSR count). The minimum atomic E-state index is 0. The predicted octanol–water partition coefficient (Wildman–Crippen LogP) is 1.95. The number of nitrogens with one attached hydrogen (secondary N) is 2. The number of carbonyl (C=O) groups is 1. The molecule has 28 heavy (non-hydrogen) atoms. The maximum atomic E-state index is 11.6. The number of guanidine groups is 1. The fourth-order valence-corrected chi connectivity index (χ4v) is 3.08. The topological polar surface area (TPSA) is 87.4 Å². The molecule has 1 saturated heterocycles. The Kier molecular flexibility index (Phi) is 9.18. The second kappa shape index (κ2) is 11.6. The van der Waals surface area contributed by atoms with Crippen molar-refractivity contribution in [3.05, 3.63) is 42.5 Å². The highest BCUT2D eigenvalue weighted by molar-refractivity contribution is 14.0. The Labute approximate surface area is 182 Å². The molecular formula is C19H28IN7O. The molecule has 0 saturated carbocycles. The molecule has 1 aliphatic rings. The van der Waals surface area contributed by atoms with E-state index < -0.39 is 0 Å². The zero-order valence-corrected chi connectivity index (χ0v) is 18.5. The van der Waals surface area contributed by atoms with E-state index in [1.807, 2.05) is 46.7 Å². The fraction of sp³-hybridized carbons (Fsp3) is 0.474. The van der Waals surface area contributed by atoms with Crippen LogP contribution in [0.25, 0.3) is 5.69 Å². The quantitative estimate of drug-likeness (QED) is 0.252. The summed E-state index contributed by atoms with van der Waals surface area (Å²) in [4.78, 5) is 18.2. The molecule has 1 fully saturated rings. The lowest BCUT2D eigenvalue weighted by molar-refractivity contribution is -0.127. The smallest absolute Gasteiger partial charge is 0.222 e. The number of hydrogen-bond donors (Lipinski definition) is 2. The monoisotopic (exact) mass is 497 g/mol. The highest BCUT2D eigenvalue weighted by atomic mass is 127. The molecule has 0 aliphatic carbocycles. The zero-order valence-electron chi connectivity index (χ0n) is 16.2. The summed E-state index contributed by atoms with van der Waals surface area (Å²) in [7, 11) is 0. The normalized spacial score (nSPS) is 14.1. The molecule has 0 unspecified atom stereocenters. The third-order valence-corrected chi connectivity index (χ3v) is 4.44. The number of hydrogen-bond acceptors (Lipinski definition) is 4. The maximum absolute atomic E-state index is 11.6. The minimum absolute atomic E-state index is 0. The van der Waals surface area contributed by atoms with E-state index in [0.29, 0.717) is 13.0 Å². The van der Waals surface area contributed by atoms with Crippen LogP contribution in [0.5, 0.6) is 0 Å². The van der Waals surface area contributed by atoms with E-state index in [9.17, 15) is 4.79 Å². The summed E-state index contributed by atoms with van der Waals surface area (Å²) in [6.45, 7) is 5.69. The average Bonchev–Trinajstić information content (AvgIpc) is 3.32. The minimum Gasteiger partial charge on any atom is -0.357 e. The predicted molar refractivity (Wildman–Crippen MR) is 120 cm³/mol. The summed E-state index contributed by atoms with van der Waals surface area (Å²) in [6, 6.07) is 9.98. The van der Waals surface area contributed by atoms with Gasteiger partial charge in [0.15, 0.2) is 11.8 Å². The standard InChI is InChI=1S/C19H27N7O.HI/c1-2-20-19(21-11-7-13-25-12-6-10-18(25)27)22-14-17-24-23-15-26(17)16-8-4-3-5-9-16;/h3-5,8-9,15H,2,6-7,10-14H2,1H3,(H2,20,21,22);1H. The second-order valence-electron chi connectivity index (χ2n) is 6.41. The molecule has 0 atom stereocenters. The van der Waals surface area contributed by atoms with Crippen LogP contribution >= 0.6 is 24.0 Å². The molecular weight excluding hydrogens is 469 g/mol. The van der Waals surface area contributed by atoms with E-state index in [0.717, 1.165) is 56.5 Å². The van der Waals surface area contributed by atoms with Gasteiger partial charge in [-0.05, 0) is 31.9 Å². The van der Waals surface area contributed by atoms with Gasteiger partial charge < -0.3 is 15.5 Å². The number of rotatable bonds is 8. The number of nitrogens with zero attached hydrogens (tertiary/aromatic N) is 5. The second-order valence-corrected chi connectivity index (χ2v) is 6.41. The van der Waals surface area contributed by atoms with Gasteiger partial charge in [0, 0.05) is 38.3 Å². The first kappa shape index (κ1) is 22.1. The highest BCUT2D eigenvalue weighted by Gasteiger charge is 2.18. The van der Waals surface area contributed by atoms with Crippen LogP contribution in [0.1, 0.15) is 32.0 Å². The molecule has 0 radical (unpaired) electrons.